The molecule has 1 fully saturated rings. The Morgan fingerprint density at radius 2 is 1.68 bits per heavy atom. The zero-order valence-corrected chi connectivity index (χ0v) is 15.4. The van der Waals surface area contributed by atoms with Gasteiger partial charge < -0.3 is 11.1 Å². The number of carbonyl (C=O) groups excluding carboxylic acids is 2. The van der Waals surface area contributed by atoms with Crippen LogP contribution in [0.3, 0.4) is 0 Å². The minimum atomic E-state index is -1.02. The Kier molecular flexibility index (Phi) is 4.73. The van der Waals surface area contributed by atoms with Crippen molar-refractivity contribution < 1.29 is 9.59 Å². The summed E-state index contributed by atoms with van der Waals surface area (Å²) < 4.78 is 2.74. The summed E-state index contributed by atoms with van der Waals surface area (Å²) in [7, 11) is 0. The molecule has 0 radical (unpaired) electrons. The first-order chi connectivity index (χ1) is 13.6. The fourth-order valence-corrected chi connectivity index (χ4v) is 3.67. The van der Waals surface area contributed by atoms with Gasteiger partial charge in [-0.1, -0.05) is 48.9 Å². The van der Waals surface area contributed by atoms with Crippen molar-refractivity contribution in [3.8, 4) is 0 Å². The molecular weight excluding hydrogens is 356 g/mol. The van der Waals surface area contributed by atoms with Gasteiger partial charge in [0.25, 0.3) is 0 Å². The Bertz CT molecular complexity index is 1080. The van der Waals surface area contributed by atoms with Crippen molar-refractivity contribution in [1.82, 2.24) is 14.5 Å². The maximum Gasteiger partial charge on any atom is 0.337 e. The summed E-state index contributed by atoms with van der Waals surface area (Å²) in [5.74, 6) is -0.228. The number of amides is 2. The molecule has 1 aliphatic rings. The van der Waals surface area contributed by atoms with E-state index in [1.165, 1.54) is 6.42 Å². The molecule has 1 heterocycles. The summed E-state index contributed by atoms with van der Waals surface area (Å²) in [4.78, 5) is 38.0. The first-order valence-corrected chi connectivity index (χ1v) is 9.41. The minimum Gasteiger partial charge on any atom is -0.368 e. The number of rotatable bonds is 5. The number of nitrogens with zero attached hydrogens (tertiary/aromatic N) is 2. The van der Waals surface area contributed by atoms with Crippen molar-refractivity contribution in [2.45, 2.75) is 31.8 Å². The summed E-state index contributed by atoms with van der Waals surface area (Å²) in [5, 5.41) is 2.61. The van der Waals surface area contributed by atoms with Gasteiger partial charge in [0.15, 0.2) is 0 Å². The van der Waals surface area contributed by atoms with Crippen molar-refractivity contribution >= 4 is 23.0 Å². The molecule has 144 valence electrons. The molecule has 28 heavy (non-hydrogen) atoms. The molecule has 0 spiro atoms. The van der Waals surface area contributed by atoms with Crippen LogP contribution in [0.2, 0.25) is 0 Å². The lowest BCUT2D eigenvalue weighted by atomic mass is 9.85. The van der Waals surface area contributed by atoms with Gasteiger partial charge in [0.1, 0.15) is 6.04 Å². The Hall–Kier alpha value is -3.35. The van der Waals surface area contributed by atoms with Crippen LogP contribution < -0.4 is 16.7 Å². The van der Waals surface area contributed by atoms with Crippen LogP contribution in [-0.4, -0.2) is 21.1 Å². The number of carbonyl (C=O) groups is 2. The maximum absolute atomic E-state index is 13.0. The molecule has 0 unspecified atom stereocenters. The lowest BCUT2D eigenvalue weighted by Crippen LogP contribution is -2.43. The molecule has 4 rings (SSSR count). The van der Waals surface area contributed by atoms with Crippen LogP contribution in [-0.2, 0) is 11.3 Å². The molecule has 0 bridgehead atoms. The predicted molar refractivity (Wildman–Crippen MR) is 106 cm³/mol. The van der Waals surface area contributed by atoms with E-state index in [1.807, 2.05) is 18.2 Å². The van der Waals surface area contributed by atoms with E-state index in [4.69, 9.17) is 5.73 Å². The summed E-state index contributed by atoms with van der Waals surface area (Å²) >= 11 is 0. The largest absolute Gasteiger partial charge is 0.368 e. The standard InChI is InChI=1S/C21H22N4O3/c22-19(26)18(15-9-2-1-3-10-15)23-20(27)25-17-12-5-4-11-16(17)24(21(25)28)13-14-7-6-8-14/h1-5,9-12,14,18H,6-8,13H2,(H2,22,26)(H,23,27)/t18-/m0/s1. The third kappa shape index (κ3) is 3.19. The number of nitrogens with two attached hydrogens (primary N) is 1. The Balaban J connectivity index is 1.72. The summed E-state index contributed by atoms with van der Waals surface area (Å²) in [6, 6.07) is 14.2. The number of para-hydroxylation sites is 2. The predicted octanol–water partition coefficient (Wildman–Crippen LogP) is 2.39. The molecule has 0 saturated heterocycles. The molecular formula is C21H22N4O3. The first kappa shape index (κ1) is 18.0. The number of fused-ring (bicyclic) bond motifs is 1. The van der Waals surface area contributed by atoms with E-state index in [1.54, 1.807) is 41.0 Å². The van der Waals surface area contributed by atoms with Crippen molar-refractivity contribution in [2.24, 2.45) is 11.7 Å². The van der Waals surface area contributed by atoms with Gasteiger partial charge in [-0.3, -0.25) is 9.36 Å². The zero-order valence-electron chi connectivity index (χ0n) is 15.4. The summed E-state index contributed by atoms with van der Waals surface area (Å²) in [5.41, 5.74) is 6.89. The van der Waals surface area contributed by atoms with Gasteiger partial charge in [-0.05, 0) is 36.5 Å². The van der Waals surface area contributed by atoms with Gasteiger partial charge in [0, 0.05) is 6.54 Å². The maximum atomic E-state index is 13.0. The van der Waals surface area contributed by atoms with Crippen molar-refractivity contribution in [1.29, 1.82) is 0 Å². The van der Waals surface area contributed by atoms with Crippen LogP contribution in [0.1, 0.15) is 30.9 Å². The van der Waals surface area contributed by atoms with Crippen LogP contribution in [0.5, 0.6) is 0 Å². The highest BCUT2D eigenvalue weighted by Crippen LogP contribution is 2.28. The van der Waals surface area contributed by atoms with E-state index in [2.05, 4.69) is 5.32 Å². The zero-order chi connectivity index (χ0) is 19.7. The molecule has 0 aliphatic heterocycles. The molecule has 7 heteroatoms. The molecule has 1 saturated carbocycles. The highest BCUT2D eigenvalue weighted by atomic mass is 16.2. The summed E-state index contributed by atoms with van der Waals surface area (Å²) in [6.07, 6.45) is 3.36. The molecule has 7 nitrogen and oxygen atoms in total. The second-order valence-electron chi connectivity index (χ2n) is 7.21. The molecule has 2 aromatic carbocycles. The van der Waals surface area contributed by atoms with Gasteiger partial charge in [0.05, 0.1) is 11.0 Å². The third-order valence-corrected chi connectivity index (χ3v) is 5.39. The fraction of sp³-hybridized carbons (Fsp3) is 0.286. The molecule has 1 aliphatic carbocycles. The Morgan fingerprint density at radius 1 is 1.04 bits per heavy atom. The normalized spacial score (nSPS) is 15.1. The molecule has 2 amide bonds. The average Bonchev–Trinajstić information content (AvgIpc) is 2.94. The molecule has 1 aromatic heterocycles. The van der Waals surface area contributed by atoms with E-state index in [-0.39, 0.29) is 0 Å². The van der Waals surface area contributed by atoms with Crippen molar-refractivity contribution in [2.75, 3.05) is 0 Å². The number of primary amides is 1. The quantitative estimate of drug-likeness (QED) is 0.713. The Labute approximate surface area is 161 Å². The number of imidazole rings is 1. The summed E-state index contributed by atoms with van der Waals surface area (Å²) in [6.45, 7) is 0.595. The topological polar surface area (TPSA) is 99.1 Å². The van der Waals surface area contributed by atoms with E-state index in [0.717, 1.165) is 17.4 Å². The number of hydrogen-bond donors (Lipinski definition) is 2. The number of nitrogens with one attached hydrogen (secondary N) is 1. The van der Waals surface area contributed by atoms with Gasteiger partial charge in [0.2, 0.25) is 5.91 Å². The fourth-order valence-electron chi connectivity index (χ4n) is 3.67. The Morgan fingerprint density at radius 3 is 2.29 bits per heavy atom. The molecule has 3 N–H and O–H groups in total. The van der Waals surface area contributed by atoms with E-state index >= 15 is 0 Å². The monoisotopic (exact) mass is 378 g/mol. The van der Waals surface area contributed by atoms with Crippen LogP contribution in [0.25, 0.3) is 11.0 Å². The van der Waals surface area contributed by atoms with Gasteiger partial charge >= 0.3 is 11.7 Å². The van der Waals surface area contributed by atoms with Crippen molar-refractivity contribution in [3.63, 3.8) is 0 Å². The SMILES string of the molecule is NC(=O)[C@@H](NC(=O)n1c(=O)n(CC2CCC2)c2ccccc21)c1ccccc1. The molecule has 1 atom stereocenters. The smallest absolute Gasteiger partial charge is 0.337 e. The van der Waals surface area contributed by atoms with Crippen LogP contribution in [0.4, 0.5) is 4.79 Å². The van der Waals surface area contributed by atoms with Gasteiger partial charge in [-0.15, -0.1) is 0 Å². The van der Waals surface area contributed by atoms with Gasteiger partial charge in [-0.2, -0.15) is 0 Å². The van der Waals surface area contributed by atoms with Crippen molar-refractivity contribution in [3.05, 3.63) is 70.6 Å². The minimum absolute atomic E-state index is 0.401. The average molecular weight is 378 g/mol. The number of aromatic nitrogens is 2. The second kappa shape index (κ2) is 7.34. The van der Waals surface area contributed by atoms with Crippen LogP contribution in [0.15, 0.2) is 59.4 Å². The number of benzene rings is 2. The number of hydrogen-bond acceptors (Lipinski definition) is 3. The second-order valence-corrected chi connectivity index (χ2v) is 7.21. The lowest BCUT2D eigenvalue weighted by Gasteiger charge is -2.25. The van der Waals surface area contributed by atoms with Gasteiger partial charge in [-0.25, -0.2) is 14.2 Å². The van der Waals surface area contributed by atoms with E-state index in [9.17, 15) is 14.4 Å². The lowest BCUT2D eigenvalue weighted by molar-refractivity contribution is -0.119. The third-order valence-electron chi connectivity index (χ3n) is 5.39. The highest BCUT2D eigenvalue weighted by molar-refractivity contribution is 5.92. The van der Waals surface area contributed by atoms with Crippen LogP contribution >= 0.6 is 0 Å². The van der Waals surface area contributed by atoms with E-state index in [0.29, 0.717) is 29.1 Å². The van der Waals surface area contributed by atoms with E-state index < -0.39 is 23.7 Å². The first-order valence-electron chi connectivity index (χ1n) is 9.41. The molecule has 3 aromatic rings. The van der Waals surface area contributed by atoms with Crippen LogP contribution in [0, 0.1) is 5.92 Å². The highest BCUT2D eigenvalue weighted by Gasteiger charge is 2.26.